The van der Waals surface area contributed by atoms with Crippen molar-refractivity contribution < 1.29 is 4.79 Å². The van der Waals surface area contributed by atoms with Gasteiger partial charge in [-0.25, -0.2) is 0 Å². The van der Waals surface area contributed by atoms with Crippen molar-refractivity contribution in [3.8, 4) is 0 Å². The van der Waals surface area contributed by atoms with Crippen molar-refractivity contribution in [2.24, 2.45) is 0 Å². The van der Waals surface area contributed by atoms with Gasteiger partial charge in [0, 0.05) is 43.6 Å². The van der Waals surface area contributed by atoms with Crippen molar-refractivity contribution in [2.45, 2.75) is 31.7 Å². The molecule has 0 radical (unpaired) electrons. The first-order chi connectivity index (χ1) is 12.3. The monoisotopic (exact) mass is 355 g/mol. The van der Waals surface area contributed by atoms with Crippen LogP contribution in [0.2, 0.25) is 0 Å². The van der Waals surface area contributed by atoms with Crippen molar-refractivity contribution >= 4 is 28.6 Å². The molecule has 4 rings (SSSR count). The highest BCUT2D eigenvalue weighted by atomic mass is 32.1. The molecule has 1 amide bonds. The predicted molar refractivity (Wildman–Crippen MR) is 105 cm³/mol. The number of rotatable bonds is 4. The Kier molecular flexibility index (Phi) is 5.04. The summed E-state index contributed by atoms with van der Waals surface area (Å²) >= 11 is 1.46. The Balaban J connectivity index is 1.32. The zero-order valence-electron chi connectivity index (χ0n) is 14.5. The number of nitrogens with one attached hydrogen (secondary N) is 1. The van der Waals surface area contributed by atoms with E-state index in [9.17, 15) is 4.79 Å². The number of anilines is 2. The third kappa shape index (κ3) is 3.88. The fourth-order valence-electron chi connectivity index (χ4n) is 3.97. The minimum Gasteiger partial charge on any atom is -0.369 e. The van der Waals surface area contributed by atoms with E-state index in [-0.39, 0.29) is 5.91 Å². The first-order valence-electron chi connectivity index (χ1n) is 9.23. The Labute approximate surface area is 153 Å². The van der Waals surface area contributed by atoms with Crippen LogP contribution in [-0.4, -0.2) is 43.0 Å². The molecule has 1 saturated heterocycles. The summed E-state index contributed by atoms with van der Waals surface area (Å²) in [5.41, 5.74) is 2.10. The molecule has 2 heterocycles. The van der Waals surface area contributed by atoms with Gasteiger partial charge in [0.05, 0.1) is 4.88 Å². The minimum absolute atomic E-state index is 0.0343. The van der Waals surface area contributed by atoms with E-state index in [0.29, 0.717) is 0 Å². The Morgan fingerprint density at radius 2 is 1.72 bits per heavy atom. The fourth-order valence-corrected chi connectivity index (χ4v) is 4.59. The molecule has 132 valence electrons. The lowest BCUT2D eigenvalue weighted by atomic mass is 10.1. The van der Waals surface area contributed by atoms with Crippen LogP contribution in [0.5, 0.6) is 0 Å². The molecule has 1 saturated carbocycles. The van der Waals surface area contributed by atoms with Crippen molar-refractivity contribution in [3.63, 3.8) is 0 Å². The van der Waals surface area contributed by atoms with Crippen LogP contribution in [0, 0.1) is 0 Å². The summed E-state index contributed by atoms with van der Waals surface area (Å²) < 4.78 is 0. The summed E-state index contributed by atoms with van der Waals surface area (Å²) in [6.45, 7) is 4.53. The van der Waals surface area contributed by atoms with E-state index in [1.165, 1.54) is 55.8 Å². The molecule has 2 aliphatic rings. The highest BCUT2D eigenvalue weighted by Crippen LogP contribution is 2.26. The second-order valence-corrected chi connectivity index (χ2v) is 7.89. The van der Waals surface area contributed by atoms with E-state index in [0.717, 1.165) is 29.7 Å². The average Bonchev–Trinajstić information content (AvgIpc) is 3.36. The molecule has 1 N–H and O–H groups in total. The molecule has 1 aliphatic carbocycles. The van der Waals surface area contributed by atoms with Gasteiger partial charge in [-0.05, 0) is 48.6 Å². The summed E-state index contributed by atoms with van der Waals surface area (Å²) in [4.78, 5) is 18.0. The third-order valence-corrected chi connectivity index (χ3v) is 6.26. The molecular formula is C20H25N3OS. The normalized spacial score (nSPS) is 19.3. The molecule has 0 atom stereocenters. The number of thiophene rings is 1. The highest BCUT2D eigenvalue weighted by molar-refractivity contribution is 7.12. The average molecular weight is 356 g/mol. The maximum absolute atomic E-state index is 12.1. The van der Waals surface area contributed by atoms with Crippen LogP contribution in [0.1, 0.15) is 35.4 Å². The van der Waals surface area contributed by atoms with E-state index in [1.54, 1.807) is 0 Å². The molecule has 5 heteroatoms. The lowest BCUT2D eigenvalue weighted by Crippen LogP contribution is -2.49. The van der Waals surface area contributed by atoms with Crippen molar-refractivity contribution in [1.82, 2.24) is 4.90 Å². The molecule has 1 aromatic carbocycles. The molecule has 0 spiro atoms. The Bertz CT molecular complexity index is 684. The van der Waals surface area contributed by atoms with E-state index in [4.69, 9.17) is 0 Å². The SMILES string of the molecule is O=C(Nc1ccc(N2CCN(C3CCCC3)CC2)cc1)c1cccs1. The van der Waals surface area contributed by atoms with Crippen LogP contribution in [0.25, 0.3) is 0 Å². The summed E-state index contributed by atoms with van der Waals surface area (Å²) in [6.07, 6.45) is 5.59. The van der Waals surface area contributed by atoms with E-state index < -0.39 is 0 Å². The second kappa shape index (κ2) is 7.58. The van der Waals surface area contributed by atoms with Gasteiger partial charge in [0.25, 0.3) is 5.91 Å². The second-order valence-electron chi connectivity index (χ2n) is 6.94. The molecule has 1 aliphatic heterocycles. The highest BCUT2D eigenvalue weighted by Gasteiger charge is 2.26. The largest absolute Gasteiger partial charge is 0.369 e. The predicted octanol–water partition coefficient (Wildman–Crippen LogP) is 4.07. The zero-order chi connectivity index (χ0) is 17.1. The van der Waals surface area contributed by atoms with Crippen molar-refractivity contribution in [3.05, 3.63) is 46.7 Å². The van der Waals surface area contributed by atoms with E-state index >= 15 is 0 Å². The number of carbonyl (C=O) groups excluding carboxylic acids is 1. The number of hydrogen-bond acceptors (Lipinski definition) is 4. The Morgan fingerprint density at radius 1 is 1.00 bits per heavy atom. The molecule has 1 aromatic heterocycles. The molecule has 2 fully saturated rings. The number of amides is 1. The molecular weight excluding hydrogens is 330 g/mol. The third-order valence-electron chi connectivity index (χ3n) is 5.39. The summed E-state index contributed by atoms with van der Waals surface area (Å²) in [5, 5.41) is 4.88. The molecule has 25 heavy (non-hydrogen) atoms. The van der Waals surface area contributed by atoms with Gasteiger partial charge >= 0.3 is 0 Å². The maximum Gasteiger partial charge on any atom is 0.265 e. The smallest absolute Gasteiger partial charge is 0.265 e. The van der Waals surface area contributed by atoms with Crippen LogP contribution < -0.4 is 10.2 Å². The summed E-state index contributed by atoms with van der Waals surface area (Å²) in [5.74, 6) is -0.0343. The van der Waals surface area contributed by atoms with Gasteiger partial charge in [-0.3, -0.25) is 9.69 Å². The molecule has 2 aromatic rings. The first-order valence-corrected chi connectivity index (χ1v) is 10.1. The first kappa shape index (κ1) is 16.6. The Hall–Kier alpha value is -1.85. The van der Waals surface area contributed by atoms with Crippen molar-refractivity contribution in [2.75, 3.05) is 36.4 Å². The number of piperazine rings is 1. The van der Waals surface area contributed by atoms with Gasteiger partial charge in [0.15, 0.2) is 0 Å². The van der Waals surface area contributed by atoms with Crippen molar-refractivity contribution in [1.29, 1.82) is 0 Å². The van der Waals surface area contributed by atoms with E-state index in [2.05, 4.69) is 27.2 Å². The molecule has 0 unspecified atom stereocenters. The van der Waals surface area contributed by atoms with Crippen LogP contribution in [0.15, 0.2) is 41.8 Å². The van der Waals surface area contributed by atoms with Gasteiger partial charge < -0.3 is 10.2 Å². The zero-order valence-corrected chi connectivity index (χ0v) is 15.3. The maximum atomic E-state index is 12.1. The van der Waals surface area contributed by atoms with Gasteiger partial charge in [-0.2, -0.15) is 0 Å². The number of benzene rings is 1. The van der Waals surface area contributed by atoms with Crippen LogP contribution in [0.3, 0.4) is 0 Å². The van der Waals surface area contributed by atoms with Gasteiger partial charge in [-0.15, -0.1) is 11.3 Å². The number of carbonyl (C=O) groups is 1. The fraction of sp³-hybridized carbons (Fsp3) is 0.450. The summed E-state index contributed by atoms with van der Waals surface area (Å²) in [7, 11) is 0. The summed E-state index contributed by atoms with van der Waals surface area (Å²) in [6, 6.07) is 12.8. The van der Waals surface area contributed by atoms with Crippen LogP contribution in [0.4, 0.5) is 11.4 Å². The number of nitrogens with zero attached hydrogens (tertiary/aromatic N) is 2. The molecule has 0 bridgehead atoms. The van der Waals surface area contributed by atoms with Crippen LogP contribution >= 0.6 is 11.3 Å². The number of hydrogen-bond donors (Lipinski definition) is 1. The van der Waals surface area contributed by atoms with Crippen LogP contribution in [-0.2, 0) is 0 Å². The van der Waals surface area contributed by atoms with Gasteiger partial charge in [0.2, 0.25) is 0 Å². The molecule has 4 nitrogen and oxygen atoms in total. The lowest BCUT2D eigenvalue weighted by Gasteiger charge is -2.39. The van der Waals surface area contributed by atoms with Gasteiger partial charge in [0.1, 0.15) is 0 Å². The topological polar surface area (TPSA) is 35.6 Å². The van der Waals surface area contributed by atoms with Gasteiger partial charge in [-0.1, -0.05) is 18.9 Å². The standard InChI is InChI=1S/C20H25N3OS/c24-20(19-6-3-15-25-19)21-16-7-9-18(10-8-16)23-13-11-22(12-14-23)17-4-1-2-5-17/h3,6-10,15,17H,1-2,4-5,11-14H2,(H,21,24). The lowest BCUT2D eigenvalue weighted by molar-refractivity contribution is 0.103. The Morgan fingerprint density at radius 3 is 2.36 bits per heavy atom. The minimum atomic E-state index is -0.0343. The van der Waals surface area contributed by atoms with E-state index in [1.807, 2.05) is 29.6 Å². The quantitative estimate of drug-likeness (QED) is 0.898.